The van der Waals surface area contributed by atoms with E-state index in [0.29, 0.717) is 24.7 Å². The maximum atomic E-state index is 13.0. The summed E-state index contributed by atoms with van der Waals surface area (Å²) in [5, 5.41) is 9.88. The van der Waals surface area contributed by atoms with Crippen LogP contribution in [0.1, 0.15) is 12.8 Å². The molecule has 0 radical (unpaired) electrons. The van der Waals surface area contributed by atoms with Gasteiger partial charge in [-0.2, -0.15) is 4.98 Å². The fourth-order valence-electron chi connectivity index (χ4n) is 2.98. The fourth-order valence-corrected chi connectivity index (χ4v) is 2.98. The molecule has 2 N–H and O–H groups in total. The number of fused-ring (bicyclic) bond motifs is 1. The van der Waals surface area contributed by atoms with Crippen molar-refractivity contribution in [2.75, 3.05) is 18.5 Å². The van der Waals surface area contributed by atoms with E-state index in [1.54, 1.807) is 18.2 Å². The van der Waals surface area contributed by atoms with Crippen LogP contribution in [0.25, 0.3) is 5.78 Å². The summed E-state index contributed by atoms with van der Waals surface area (Å²) in [6.45, 7) is 0.937. The number of aromatic nitrogens is 4. The molecular weight excluding hydrogens is 367 g/mol. The second-order valence-corrected chi connectivity index (χ2v) is 6.49. The number of nitrogens with one attached hydrogen (secondary N) is 2. The molecule has 1 aromatic carbocycles. The average molecular weight is 386 g/mol. The van der Waals surface area contributed by atoms with Crippen molar-refractivity contribution in [3.63, 3.8) is 0 Å². The number of halogens is 1. The number of rotatable bonds is 6. The minimum atomic E-state index is -0.455. The van der Waals surface area contributed by atoms with Crippen LogP contribution in [-0.2, 0) is 16.1 Å². The molecule has 0 saturated carbocycles. The van der Waals surface area contributed by atoms with E-state index in [4.69, 9.17) is 4.74 Å². The van der Waals surface area contributed by atoms with Crippen LogP contribution in [0, 0.1) is 5.82 Å². The molecule has 1 saturated heterocycles. The maximum absolute atomic E-state index is 13.0. The fraction of sp³-hybridized carbons (Fsp3) is 0.333. The standard InChI is InChI=1S/C18H19FN6O3/c19-12-3-5-13(6-4-12)21-15-7-8-24-17(22-15)23-25(18(24)27)11-16(26)20-10-14-2-1-9-28-14/h3-8,14H,1-2,9-11H2,(H,20,26)(H,21,22,23). The predicted octanol–water partition coefficient (Wildman–Crippen LogP) is 1.07. The van der Waals surface area contributed by atoms with E-state index in [-0.39, 0.29) is 30.2 Å². The summed E-state index contributed by atoms with van der Waals surface area (Å²) in [6.07, 6.45) is 3.46. The SMILES string of the molecule is O=C(Cn1nc2nc(Nc3ccc(F)cc3)ccn2c1=O)NCC1CCCO1. The van der Waals surface area contributed by atoms with Gasteiger partial charge in [0.05, 0.1) is 6.10 Å². The van der Waals surface area contributed by atoms with E-state index in [2.05, 4.69) is 20.7 Å². The first kappa shape index (κ1) is 18.1. The highest BCUT2D eigenvalue weighted by atomic mass is 19.1. The van der Waals surface area contributed by atoms with Crippen molar-refractivity contribution in [2.24, 2.45) is 0 Å². The van der Waals surface area contributed by atoms with Gasteiger partial charge in [-0.3, -0.25) is 4.79 Å². The number of carbonyl (C=O) groups is 1. The molecule has 2 aromatic heterocycles. The van der Waals surface area contributed by atoms with E-state index in [9.17, 15) is 14.0 Å². The third-order valence-corrected chi connectivity index (χ3v) is 4.42. The van der Waals surface area contributed by atoms with Crippen molar-refractivity contribution >= 4 is 23.2 Å². The van der Waals surface area contributed by atoms with Gasteiger partial charge in [0.2, 0.25) is 5.91 Å². The topological polar surface area (TPSA) is 103 Å². The van der Waals surface area contributed by atoms with Crippen molar-refractivity contribution in [3.8, 4) is 0 Å². The molecule has 3 aromatic rings. The minimum Gasteiger partial charge on any atom is -0.376 e. The Bertz CT molecular complexity index is 1040. The van der Waals surface area contributed by atoms with Gasteiger partial charge in [-0.15, -0.1) is 5.10 Å². The third-order valence-electron chi connectivity index (χ3n) is 4.42. The molecule has 1 unspecified atom stereocenters. The lowest BCUT2D eigenvalue weighted by Gasteiger charge is -2.10. The molecule has 1 fully saturated rings. The summed E-state index contributed by atoms with van der Waals surface area (Å²) in [7, 11) is 0. The average Bonchev–Trinajstić information content (AvgIpc) is 3.31. The molecule has 1 aliphatic heterocycles. The first-order valence-electron chi connectivity index (χ1n) is 8.95. The Morgan fingerprint density at radius 3 is 2.86 bits per heavy atom. The second kappa shape index (κ2) is 7.77. The molecule has 1 amide bonds. The normalized spacial score (nSPS) is 16.4. The van der Waals surface area contributed by atoms with Crippen molar-refractivity contribution in [3.05, 3.63) is 52.8 Å². The van der Waals surface area contributed by atoms with Gasteiger partial charge in [0.15, 0.2) is 0 Å². The Balaban J connectivity index is 1.45. The second-order valence-electron chi connectivity index (χ2n) is 6.49. The Morgan fingerprint density at radius 1 is 1.29 bits per heavy atom. The van der Waals surface area contributed by atoms with Crippen LogP contribution in [0.15, 0.2) is 41.3 Å². The van der Waals surface area contributed by atoms with Gasteiger partial charge in [0.25, 0.3) is 5.78 Å². The van der Waals surface area contributed by atoms with E-state index in [1.165, 1.54) is 22.7 Å². The summed E-state index contributed by atoms with van der Waals surface area (Å²) in [5.74, 6) is -0.0502. The van der Waals surface area contributed by atoms with Crippen molar-refractivity contribution < 1.29 is 13.9 Å². The van der Waals surface area contributed by atoms with Gasteiger partial charge in [0.1, 0.15) is 18.2 Å². The first-order valence-corrected chi connectivity index (χ1v) is 8.95. The summed E-state index contributed by atoms with van der Waals surface area (Å²) in [6, 6.07) is 7.40. The molecule has 0 spiro atoms. The maximum Gasteiger partial charge on any atom is 0.352 e. The van der Waals surface area contributed by atoms with Gasteiger partial charge < -0.3 is 15.4 Å². The smallest absolute Gasteiger partial charge is 0.352 e. The molecule has 146 valence electrons. The molecule has 28 heavy (non-hydrogen) atoms. The van der Waals surface area contributed by atoms with Gasteiger partial charge in [0, 0.05) is 25.0 Å². The van der Waals surface area contributed by atoms with Gasteiger partial charge in [-0.05, 0) is 43.2 Å². The number of nitrogens with zero attached hydrogens (tertiary/aromatic N) is 4. The molecule has 10 heteroatoms. The molecule has 0 aliphatic carbocycles. The zero-order valence-electron chi connectivity index (χ0n) is 15.0. The van der Waals surface area contributed by atoms with Crippen LogP contribution in [0.4, 0.5) is 15.9 Å². The van der Waals surface area contributed by atoms with Gasteiger partial charge in [-0.1, -0.05) is 0 Å². The van der Waals surface area contributed by atoms with Crippen molar-refractivity contribution in [1.29, 1.82) is 0 Å². The van der Waals surface area contributed by atoms with E-state index < -0.39 is 5.69 Å². The first-order chi connectivity index (χ1) is 13.6. The summed E-state index contributed by atoms with van der Waals surface area (Å²) < 4.78 is 20.8. The lowest BCUT2D eigenvalue weighted by atomic mass is 10.2. The Morgan fingerprint density at radius 2 is 2.11 bits per heavy atom. The molecule has 1 atom stereocenters. The van der Waals surface area contributed by atoms with Gasteiger partial charge in [-0.25, -0.2) is 18.3 Å². The predicted molar refractivity (Wildman–Crippen MR) is 98.9 cm³/mol. The highest BCUT2D eigenvalue weighted by Crippen LogP contribution is 2.15. The summed E-state index contributed by atoms with van der Waals surface area (Å²) in [4.78, 5) is 28.7. The number of hydrogen-bond acceptors (Lipinski definition) is 6. The quantitative estimate of drug-likeness (QED) is 0.657. The number of amides is 1. The Labute approximate surface area is 159 Å². The number of anilines is 2. The van der Waals surface area contributed by atoms with Crippen LogP contribution >= 0.6 is 0 Å². The monoisotopic (exact) mass is 386 g/mol. The van der Waals surface area contributed by atoms with Crippen molar-refractivity contribution in [2.45, 2.75) is 25.5 Å². The number of carbonyl (C=O) groups excluding carboxylic acids is 1. The molecule has 4 rings (SSSR count). The van der Waals surface area contributed by atoms with Crippen LogP contribution in [0.2, 0.25) is 0 Å². The molecule has 1 aliphatic rings. The third kappa shape index (κ3) is 4.01. The number of ether oxygens (including phenoxy) is 1. The van der Waals surface area contributed by atoms with E-state index in [1.807, 2.05) is 0 Å². The number of hydrogen-bond donors (Lipinski definition) is 2. The highest BCUT2D eigenvalue weighted by molar-refractivity contribution is 5.75. The van der Waals surface area contributed by atoms with E-state index in [0.717, 1.165) is 17.5 Å². The lowest BCUT2D eigenvalue weighted by molar-refractivity contribution is -0.122. The lowest BCUT2D eigenvalue weighted by Crippen LogP contribution is -2.36. The Kier molecular flexibility index (Phi) is 5.02. The Hall–Kier alpha value is -3.27. The molecule has 9 nitrogen and oxygen atoms in total. The zero-order valence-corrected chi connectivity index (χ0v) is 15.0. The highest BCUT2D eigenvalue weighted by Gasteiger charge is 2.17. The van der Waals surface area contributed by atoms with Gasteiger partial charge >= 0.3 is 5.69 Å². The minimum absolute atomic E-state index is 0.0310. The molecular formula is C18H19FN6O3. The van der Waals surface area contributed by atoms with Crippen molar-refractivity contribution in [1.82, 2.24) is 24.5 Å². The van der Waals surface area contributed by atoms with Crippen LogP contribution in [-0.4, -0.2) is 44.3 Å². The largest absolute Gasteiger partial charge is 0.376 e. The van der Waals surface area contributed by atoms with Crippen LogP contribution in [0.5, 0.6) is 0 Å². The summed E-state index contributed by atoms with van der Waals surface area (Å²) in [5.41, 5.74) is 0.191. The molecule has 3 heterocycles. The summed E-state index contributed by atoms with van der Waals surface area (Å²) >= 11 is 0. The molecule has 0 bridgehead atoms. The van der Waals surface area contributed by atoms with Crippen LogP contribution in [0.3, 0.4) is 0 Å². The number of benzene rings is 1. The van der Waals surface area contributed by atoms with E-state index >= 15 is 0 Å². The van der Waals surface area contributed by atoms with Crippen LogP contribution < -0.4 is 16.3 Å². The zero-order chi connectivity index (χ0) is 19.5.